The molecule has 1 saturated carbocycles. The number of sulfonamides is 1. The molecule has 1 aliphatic carbocycles. The van der Waals surface area contributed by atoms with Gasteiger partial charge in [-0.15, -0.1) is 0 Å². The number of nitrogens with two attached hydrogens (primary N) is 1. The summed E-state index contributed by atoms with van der Waals surface area (Å²) in [6.07, 6.45) is 0.0907. The molecule has 6 N–H and O–H groups in total. The van der Waals surface area contributed by atoms with Crippen molar-refractivity contribution in [3.63, 3.8) is 0 Å². The van der Waals surface area contributed by atoms with E-state index in [1.165, 1.54) is 17.0 Å². The largest absolute Gasteiger partial charge is 0.478 e. The Hall–Kier alpha value is -3.76. The Morgan fingerprint density at radius 1 is 1.27 bits per heavy atom. The fourth-order valence-corrected chi connectivity index (χ4v) is 5.75. The molecular weight excluding hydrogens is 560 g/mol. The lowest BCUT2D eigenvalue weighted by molar-refractivity contribution is -0.144. The number of carbonyl (C=O) groups is 4. The third kappa shape index (κ3) is 9.12. The van der Waals surface area contributed by atoms with Crippen LogP contribution in [0.2, 0.25) is 0 Å². The van der Waals surface area contributed by atoms with Crippen molar-refractivity contribution >= 4 is 39.7 Å². The maximum absolute atomic E-state index is 13.7. The second-order valence-electron chi connectivity index (χ2n) is 9.63. The highest BCUT2D eigenvalue weighted by atomic mass is 32.2. The van der Waals surface area contributed by atoms with E-state index in [-0.39, 0.29) is 44.7 Å². The minimum Gasteiger partial charge on any atom is -0.478 e. The van der Waals surface area contributed by atoms with Gasteiger partial charge in [0.05, 0.1) is 42.6 Å². The standard InChI is InChI=1S/C25H36N6O9S/c1-2-39-22(33)9-10-31(16-7-8-16)23(34)19(29-41(37,38)20-6-4-3-5-18(20)24(35)36)13-21(32)28-14-17-15-30(25(26)27)11-12-40-17/h3-6,16-17,19,29H,2,7-15H2,1H3,(H3,26,27)(H,28,32)(H,35,36)/t17?,19-/m0/s1. The Kier molecular flexibility index (Phi) is 11.0. The van der Waals surface area contributed by atoms with Crippen molar-refractivity contribution < 1.29 is 42.2 Å². The molecule has 1 aliphatic heterocycles. The number of carboxylic acid groups (broad SMARTS) is 1. The molecule has 2 atom stereocenters. The molecule has 0 bridgehead atoms. The van der Waals surface area contributed by atoms with Crippen molar-refractivity contribution in [1.82, 2.24) is 19.8 Å². The van der Waals surface area contributed by atoms with Crippen LogP contribution >= 0.6 is 0 Å². The zero-order valence-corrected chi connectivity index (χ0v) is 23.5. The summed E-state index contributed by atoms with van der Waals surface area (Å²) in [7, 11) is -4.58. The van der Waals surface area contributed by atoms with Crippen molar-refractivity contribution in [2.45, 2.75) is 55.7 Å². The highest BCUT2D eigenvalue weighted by Gasteiger charge is 2.39. The van der Waals surface area contributed by atoms with E-state index in [0.717, 1.165) is 12.1 Å². The second kappa shape index (κ2) is 14.2. The monoisotopic (exact) mass is 596 g/mol. The number of aromatic carboxylic acids is 1. The van der Waals surface area contributed by atoms with Crippen molar-refractivity contribution in [2.75, 3.05) is 39.4 Å². The molecule has 226 valence electrons. The van der Waals surface area contributed by atoms with Gasteiger partial charge in [-0.05, 0) is 31.9 Å². The van der Waals surface area contributed by atoms with Crippen molar-refractivity contribution in [2.24, 2.45) is 5.73 Å². The van der Waals surface area contributed by atoms with Gasteiger partial charge in [0.15, 0.2) is 5.96 Å². The number of nitrogens with zero attached hydrogens (tertiary/aromatic N) is 2. The second-order valence-corrected chi connectivity index (χ2v) is 11.3. The summed E-state index contributed by atoms with van der Waals surface area (Å²) in [5.74, 6) is -3.52. The number of esters is 1. The Morgan fingerprint density at radius 2 is 1.98 bits per heavy atom. The number of carboxylic acids is 1. The van der Waals surface area contributed by atoms with Crippen LogP contribution in [-0.4, -0.2) is 111 Å². The summed E-state index contributed by atoms with van der Waals surface area (Å²) < 4.78 is 39.4. The van der Waals surface area contributed by atoms with Gasteiger partial charge in [-0.2, -0.15) is 4.72 Å². The summed E-state index contributed by atoms with van der Waals surface area (Å²) >= 11 is 0. The Morgan fingerprint density at radius 3 is 2.61 bits per heavy atom. The molecule has 2 amide bonds. The van der Waals surface area contributed by atoms with Gasteiger partial charge in [-0.3, -0.25) is 19.8 Å². The molecule has 2 fully saturated rings. The first-order valence-electron chi connectivity index (χ1n) is 13.2. The number of morpholine rings is 1. The van der Waals surface area contributed by atoms with Gasteiger partial charge in [-0.1, -0.05) is 12.1 Å². The normalized spacial score (nSPS) is 17.8. The average Bonchev–Trinajstić information content (AvgIpc) is 3.77. The summed E-state index contributed by atoms with van der Waals surface area (Å²) in [5.41, 5.74) is 5.03. The van der Waals surface area contributed by atoms with Gasteiger partial charge < -0.3 is 35.4 Å². The van der Waals surface area contributed by atoms with Crippen molar-refractivity contribution in [1.29, 1.82) is 5.41 Å². The number of nitrogens with one attached hydrogen (secondary N) is 3. The zero-order valence-electron chi connectivity index (χ0n) is 22.7. The van der Waals surface area contributed by atoms with Crippen molar-refractivity contribution in [3.8, 4) is 0 Å². The lowest BCUT2D eigenvalue weighted by Gasteiger charge is -2.33. The lowest BCUT2D eigenvalue weighted by atomic mass is 10.1. The maximum Gasteiger partial charge on any atom is 0.337 e. The highest BCUT2D eigenvalue weighted by molar-refractivity contribution is 7.89. The van der Waals surface area contributed by atoms with E-state index in [9.17, 15) is 32.7 Å². The minimum absolute atomic E-state index is 0.0211. The van der Waals surface area contributed by atoms with Gasteiger partial charge in [0.2, 0.25) is 21.8 Å². The van der Waals surface area contributed by atoms with E-state index in [1.807, 2.05) is 0 Å². The number of hydrogen-bond acceptors (Lipinski definition) is 9. The van der Waals surface area contributed by atoms with E-state index < -0.39 is 62.8 Å². The van der Waals surface area contributed by atoms with E-state index in [2.05, 4.69) is 10.0 Å². The molecule has 16 heteroatoms. The molecule has 1 saturated heterocycles. The van der Waals surface area contributed by atoms with E-state index in [4.69, 9.17) is 20.6 Å². The number of hydrogen-bond donors (Lipinski definition) is 5. The number of carbonyl (C=O) groups excluding carboxylic acids is 3. The van der Waals surface area contributed by atoms with Crippen LogP contribution in [0.15, 0.2) is 29.2 Å². The molecule has 0 aromatic heterocycles. The summed E-state index contributed by atoms with van der Waals surface area (Å²) in [6.45, 7) is 2.78. The van der Waals surface area contributed by atoms with Crippen molar-refractivity contribution in [3.05, 3.63) is 29.8 Å². The number of benzene rings is 1. The van der Waals surface area contributed by atoms with Crippen LogP contribution in [0.25, 0.3) is 0 Å². The van der Waals surface area contributed by atoms with Gasteiger partial charge in [0.1, 0.15) is 6.04 Å². The van der Waals surface area contributed by atoms with Gasteiger partial charge in [0, 0.05) is 32.2 Å². The van der Waals surface area contributed by atoms with Crippen LogP contribution in [-0.2, 0) is 33.9 Å². The summed E-state index contributed by atoms with van der Waals surface area (Å²) in [4.78, 5) is 52.6. The van der Waals surface area contributed by atoms with Gasteiger partial charge in [-0.25, -0.2) is 13.2 Å². The third-order valence-corrected chi connectivity index (χ3v) is 8.06. The molecule has 15 nitrogen and oxygen atoms in total. The number of amides is 2. The zero-order chi connectivity index (χ0) is 30.2. The van der Waals surface area contributed by atoms with Gasteiger partial charge >= 0.3 is 11.9 Å². The maximum atomic E-state index is 13.7. The Labute approximate surface area is 237 Å². The van der Waals surface area contributed by atoms with Crippen LogP contribution < -0.4 is 15.8 Å². The number of ether oxygens (including phenoxy) is 2. The van der Waals surface area contributed by atoms with Gasteiger partial charge in [0.25, 0.3) is 0 Å². The molecule has 1 unspecified atom stereocenters. The SMILES string of the molecule is CCOC(=O)CCN(C(=O)[C@H](CC(=O)NCC1CN(C(=N)N)CCO1)NS(=O)(=O)c1ccccc1C(=O)O)C1CC1. The molecule has 1 aromatic carbocycles. The molecule has 0 spiro atoms. The predicted molar refractivity (Wildman–Crippen MR) is 144 cm³/mol. The lowest BCUT2D eigenvalue weighted by Crippen LogP contribution is -2.53. The molecule has 1 heterocycles. The average molecular weight is 597 g/mol. The van der Waals surface area contributed by atoms with E-state index in [0.29, 0.717) is 26.0 Å². The smallest absolute Gasteiger partial charge is 0.337 e. The molecule has 2 aliphatic rings. The molecule has 0 radical (unpaired) electrons. The molecule has 3 rings (SSSR count). The fraction of sp³-hybridized carbons (Fsp3) is 0.560. The third-order valence-electron chi connectivity index (χ3n) is 6.53. The Bertz CT molecular complexity index is 1250. The summed E-state index contributed by atoms with van der Waals surface area (Å²) in [6, 6.07) is 3.09. The Balaban J connectivity index is 1.79. The predicted octanol–water partition coefficient (Wildman–Crippen LogP) is -0.924. The van der Waals surface area contributed by atoms with Crippen LogP contribution in [0.3, 0.4) is 0 Å². The molecule has 41 heavy (non-hydrogen) atoms. The van der Waals surface area contributed by atoms with Crippen LogP contribution in [0, 0.1) is 5.41 Å². The first-order valence-corrected chi connectivity index (χ1v) is 14.7. The van der Waals surface area contributed by atoms with Crippen LogP contribution in [0.4, 0.5) is 0 Å². The topological polar surface area (TPSA) is 222 Å². The summed E-state index contributed by atoms with van der Waals surface area (Å²) in [5, 5.41) is 19.7. The first kappa shape index (κ1) is 31.8. The van der Waals surface area contributed by atoms with E-state index in [1.54, 1.807) is 11.8 Å². The van der Waals surface area contributed by atoms with Crippen LogP contribution in [0.5, 0.6) is 0 Å². The molecule has 1 aromatic rings. The fourth-order valence-electron chi connectivity index (χ4n) is 4.36. The minimum atomic E-state index is -4.58. The number of guanidine groups is 1. The van der Waals surface area contributed by atoms with Crippen LogP contribution in [0.1, 0.15) is 43.0 Å². The number of rotatable bonds is 14. The quantitative estimate of drug-likeness (QED) is 0.100. The highest BCUT2D eigenvalue weighted by Crippen LogP contribution is 2.28. The van der Waals surface area contributed by atoms with E-state index >= 15 is 0 Å². The first-order chi connectivity index (χ1) is 19.4. The molecular formula is C25H36N6O9S.